The zero-order valence-corrected chi connectivity index (χ0v) is 17.2. The maximum atomic E-state index is 4.71. The third kappa shape index (κ3) is 3.47. The van der Waals surface area contributed by atoms with Gasteiger partial charge in [0.25, 0.3) is 0 Å². The number of fused-ring (bicyclic) bond motifs is 2. The molecule has 0 saturated carbocycles. The number of piperidine rings is 1. The van der Waals surface area contributed by atoms with Gasteiger partial charge < -0.3 is 4.98 Å². The minimum atomic E-state index is 0.751. The third-order valence-electron chi connectivity index (χ3n) is 6.01. The molecule has 1 aliphatic heterocycles. The summed E-state index contributed by atoms with van der Waals surface area (Å²) in [4.78, 5) is 19.7. The third-order valence-corrected chi connectivity index (χ3v) is 6.01. The molecule has 0 bridgehead atoms. The molecule has 1 aliphatic rings. The number of H-pyrrole nitrogens is 2. The summed E-state index contributed by atoms with van der Waals surface area (Å²) in [7, 11) is 0. The molecule has 154 valence electrons. The number of pyridine rings is 2. The average molecular weight is 409 g/mol. The van der Waals surface area contributed by atoms with E-state index in [1.165, 1.54) is 37.9 Å². The second kappa shape index (κ2) is 7.59. The molecular formula is C24H23N7. The molecule has 1 fully saturated rings. The number of hydrogen-bond acceptors (Lipinski definition) is 5. The van der Waals surface area contributed by atoms with Gasteiger partial charge in [0.05, 0.1) is 28.4 Å². The average Bonchev–Trinajstić information content (AvgIpc) is 3.43. The lowest BCUT2D eigenvalue weighted by molar-refractivity contribution is 0.220. The molecule has 4 aromatic heterocycles. The Balaban J connectivity index is 1.36. The standard InChI is InChI=1S/C24H23N7/c1-4-8-31(9-5-1)15-16-10-17(13-25-12-16)21-11-18-22(14-26-21)29-30-23(18)24-27-19-6-2-3-7-20(19)28-24/h2-3,6-7,10-14H,1,4-5,8-9,15H2,(H,27,28)(H,29,30). The lowest BCUT2D eigenvalue weighted by Gasteiger charge is -2.26. The van der Waals surface area contributed by atoms with Crippen molar-refractivity contribution in [1.82, 2.24) is 35.0 Å². The van der Waals surface area contributed by atoms with Crippen molar-refractivity contribution in [2.24, 2.45) is 0 Å². The molecule has 0 aliphatic carbocycles. The van der Waals surface area contributed by atoms with E-state index in [0.29, 0.717) is 0 Å². The fraction of sp³-hybridized carbons (Fsp3) is 0.250. The summed E-state index contributed by atoms with van der Waals surface area (Å²) >= 11 is 0. The van der Waals surface area contributed by atoms with Crippen molar-refractivity contribution >= 4 is 21.9 Å². The topological polar surface area (TPSA) is 86.4 Å². The molecule has 2 N–H and O–H groups in total. The number of nitrogens with one attached hydrogen (secondary N) is 2. The summed E-state index contributed by atoms with van der Waals surface area (Å²) in [5.41, 5.74) is 6.75. The number of aromatic nitrogens is 6. The van der Waals surface area contributed by atoms with Crippen LogP contribution in [0.3, 0.4) is 0 Å². The van der Waals surface area contributed by atoms with Gasteiger partial charge in [0.1, 0.15) is 5.69 Å². The van der Waals surface area contributed by atoms with Gasteiger partial charge in [0.15, 0.2) is 5.82 Å². The van der Waals surface area contributed by atoms with E-state index in [9.17, 15) is 0 Å². The summed E-state index contributed by atoms with van der Waals surface area (Å²) in [6, 6.07) is 12.3. The number of hydrogen-bond donors (Lipinski definition) is 2. The lowest BCUT2D eigenvalue weighted by Crippen LogP contribution is -2.29. The van der Waals surface area contributed by atoms with Crippen LogP contribution in [-0.2, 0) is 6.54 Å². The summed E-state index contributed by atoms with van der Waals surface area (Å²) in [6.07, 6.45) is 9.61. The Morgan fingerprint density at radius 3 is 2.74 bits per heavy atom. The lowest BCUT2D eigenvalue weighted by atomic mass is 10.1. The van der Waals surface area contributed by atoms with Crippen molar-refractivity contribution in [3.63, 3.8) is 0 Å². The maximum Gasteiger partial charge on any atom is 0.159 e. The van der Waals surface area contributed by atoms with Crippen molar-refractivity contribution in [3.05, 3.63) is 60.6 Å². The van der Waals surface area contributed by atoms with E-state index in [1.807, 2.05) is 42.9 Å². The highest BCUT2D eigenvalue weighted by Gasteiger charge is 2.15. The number of likely N-dealkylation sites (tertiary alicyclic amines) is 1. The van der Waals surface area contributed by atoms with E-state index in [2.05, 4.69) is 42.2 Å². The summed E-state index contributed by atoms with van der Waals surface area (Å²) < 4.78 is 0. The van der Waals surface area contributed by atoms with Crippen LogP contribution in [0.4, 0.5) is 0 Å². The quantitative estimate of drug-likeness (QED) is 0.455. The second-order valence-electron chi connectivity index (χ2n) is 8.21. The molecule has 0 amide bonds. The van der Waals surface area contributed by atoms with E-state index in [0.717, 1.165) is 51.3 Å². The fourth-order valence-corrected chi connectivity index (χ4v) is 4.41. The zero-order valence-electron chi connectivity index (χ0n) is 17.2. The molecule has 0 spiro atoms. The molecule has 1 saturated heterocycles. The molecular weight excluding hydrogens is 386 g/mol. The zero-order chi connectivity index (χ0) is 20.6. The van der Waals surface area contributed by atoms with Crippen LogP contribution in [0.2, 0.25) is 0 Å². The number of nitrogens with zero attached hydrogens (tertiary/aromatic N) is 5. The van der Waals surface area contributed by atoms with E-state index < -0.39 is 0 Å². The smallest absolute Gasteiger partial charge is 0.159 e. The molecule has 7 nitrogen and oxygen atoms in total. The van der Waals surface area contributed by atoms with Crippen LogP contribution in [0.25, 0.3) is 44.7 Å². The number of aromatic amines is 2. The van der Waals surface area contributed by atoms with E-state index in [4.69, 9.17) is 4.98 Å². The van der Waals surface area contributed by atoms with Gasteiger partial charge in [-0.15, -0.1) is 0 Å². The van der Waals surface area contributed by atoms with Gasteiger partial charge in [-0.1, -0.05) is 18.6 Å². The molecule has 7 heteroatoms. The maximum absolute atomic E-state index is 4.71. The monoisotopic (exact) mass is 409 g/mol. The van der Waals surface area contributed by atoms with Crippen molar-refractivity contribution in [3.8, 4) is 22.8 Å². The first-order valence-corrected chi connectivity index (χ1v) is 10.8. The normalized spacial score (nSPS) is 15.1. The number of para-hydroxylation sites is 2. The van der Waals surface area contributed by atoms with Crippen LogP contribution in [0.15, 0.2) is 55.0 Å². The molecule has 1 aromatic carbocycles. The molecule has 5 aromatic rings. The Morgan fingerprint density at radius 1 is 0.935 bits per heavy atom. The van der Waals surface area contributed by atoms with Gasteiger partial charge >= 0.3 is 0 Å². The number of imidazole rings is 1. The van der Waals surface area contributed by atoms with Crippen molar-refractivity contribution in [1.29, 1.82) is 0 Å². The first-order valence-electron chi connectivity index (χ1n) is 10.8. The molecule has 31 heavy (non-hydrogen) atoms. The van der Waals surface area contributed by atoms with Crippen molar-refractivity contribution in [2.75, 3.05) is 13.1 Å². The fourth-order valence-electron chi connectivity index (χ4n) is 4.41. The van der Waals surface area contributed by atoms with Gasteiger partial charge in [-0.2, -0.15) is 5.10 Å². The number of rotatable bonds is 4. The highest BCUT2D eigenvalue weighted by atomic mass is 15.1. The van der Waals surface area contributed by atoms with Crippen LogP contribution in [0.5, 0.6) is 0 Å². The molecule has 0 atom stereocenters. The first-order chi connectivity index (χ1) is 15.3. The van der Waals surface area contributed by atoms with Crippen LogP contribution in [0, 0.1) is 0 Å². The highest BCUT2D eigenvalue weighted by molar-refractivity contribution is 5.94. The summed E-state index contributed by atoms with van der Waals surface area (Å²) in [5, 5.41) is 8.58. The van der Waals surface area contributed by atoms with Gasteiger partial charge in [0, 0.05) is 29.9 Å². The Kier molecular flexibility index (Phi) is 4.46. The predicted molar refractivity (Wildman–Crippen MR) is 121 cm³/mol. The SMILES string of the molecule is c1ccc2[nH]c(-c3n[nH]c4cnc(-c5cncc(CN6CCCCC6)c5)cc34)nc2c1. The van der Waals surface area contributed by atoms with E-state index >= 15 is 0 Å². The Labute approximate surface area is 179 Å². The molecule has 6 rings (SSSR count). The van der Waals surface area contributed by atoms with Gasteiger partial charge in [0.2, 0.25) is 0 Å². The number of benzene rings is 1. The van der Waals surface area contributed by atoms with Crippen molar-refractivity contribution < 1.29 is 0 Å². The summed E-state index contributed by atoms with van der Waals surface area (Å²) in [6.45, 7) is 3.29. The van der Waals surface area contributed by atoms with Crippen LogP contribution < -0.4 is 0 Å². The highest BCUT2D eigenvalue weighted by Crippen LogP contribution is 2.29. The van der Waals surface area contributed by atoms with Crippen LogP contribution in [-0.4, -0.2) is 48.1 Å². The minimum absolute atomic E-state index is 0.751. The van der Waals surface area contributed by atoms with Gasteiger partial charge in [-0.25, -0.2) is 4.98 Å². The van der Waals surface area contributed by atoms with E-state index in [-0.39, 0.29) is 0 Å². The first kappa shape index (κ1) is 18.2. The minimum Gasteiger partial charge on any atom is -0.337 e. The van der Waals surface area contributed by atoms with E-state index in [1.54, 1.807) is 0 Å². The Morgan fingerprint density at radius 2 is 1.84 bits per heavy atom. The molecule has 5 heterocycles. The van der Waals surface area contributed by atoms with Crippen LogP contribution >= 0.6 is 0 Å². The second-order valence-corrected chi connectivity index (χ2v) is 8.21. The van der Waals surface area contributed by atoms with Crippen molar-refractivity contribution in [2.45, 2.75) is 25.8 Å². The van der Waals surface area contributed by atoms with Gasteiger partial charge in [-0.3, -0.25) is 20.0 Å². The summed E-state index contributed by atoms with van der Waals surface area (Å²) in [5.74, 6) is 0.751. The Bertz CT molecular complexity index is 1330. The predicted octanol–water partition coefficient (Wildman–Crippen LogP) is 4.55. The van der Waals surface area contributed by atoms with Gasteiger partial charge in [-0.05, 0) is 55.8 Å². The Hall–Kier alpha value is -3.58. The molecule has 0 unspecified atom stereocenters. The molecule has 0 radical (unpaired) electrons. The largest absolute Gasteiger partial charge is 0.337 e. The van der Waals surface area contributed by atoms with Crippen LogP contribution in [0.1, 0.15) is 24.8 Å².